The SMILES string of the molecule is CC[C@H](C)[C@H](NC(=O)OC(C)(C)C)C(=O)N[C@@H](Cc1ccccc1)[C@H](O)CP(c1ccccc1)c1ccccc1.[B]. The molecule has 6 nitrogen and oxygen atoms in total. The molecule has 0 heterocycles. The van der Waals surface area contributed by atoms with Gasteiger partial charge >= 0.3 is 6.09 Å². The van der Waals surface area contributed by atoms with Gasteiger partial charge in [0.2, 0.25) is 5.91 Å². The molecule has 0 unspecified atom stereocenters. The summed E-state index contributed by atoms with van der Waals surface area (Å²) in [5.41, 5.74) is 0.328. The van der Waals surface area contributed by atoms with Crippen LogP contribution in [0.2, 0.25) is 0 Å². The fraction of sp³-hybridized carbons (Fsp3) is 0.394. The fourth-order valence-electron chi connectivity index (χ4n) is 4.45. The van der Waals surface area contributed by atoms with Crippen molar-refractivity contribution < 1.29 is 19.4 Å². The molecule has 0 aliphatic heterocycles. The first-order valence-corrected chi connectivity index (χ1v) is 15.5. The Labute approximate surface area is 248 Å². The molecule has 0 fully saturated rings. The summed E-state index contributed by atoms with van der Waals surface area (Å²) in [4.78, 5) is 26.3. The van der Waals surface area contributed by atoms with Gasteiger partial charge in [0.05, 0.1) is 12.1 Å². The van der Waals surface area contributed by atoms with Gasteiger partial charge in [0, 0.05) is 14.6 Å². The predicted octanol–water partition coefficient (Wildman–Crippen LogP) is 4.77. The summed E-state index contributed by atoms with van der Waals surface area (Å²) in [7, 11) is -0.874. The lowest BCUT2D eigenvalue weighted by Gasteiger charge is -2.31. The van der Waals surface area contributed by atoms with Gasteiger partial charge in [0.25, 0.3) is 0 Å². The summed E-state index contributed by atoms with van der Waals surface area (Å²) in [5.74, 6) is -0.461. The highest BCUT2D eigenvalue weighted by Crippen LogP contribution is 2.35. The Balaban J connectivity index is 0.00000588. The van der Waals surface area contributed by atoms with Crippen LogP contribution in [-0.2, 0) is 16.0 Å². The van der Waals surface area contributed by atoms with Crippen molar-refractivity contribution in [1.82, 2.24) is 10.6 Å². The Morgan fingerprint density at radius 3 is 1.80 bits per heavy atom. The van der Waals surface area contributed by atoms with Gasteiger partial charge in [0.15, 0.2) is 0 Å². The maximum Gasteiger partial charge on any atom is 0.408 e. The molecule has 3 radical (unpaired) electrons. The third kappa shape index (κ3) is 11.0. The van der Waals surface area contributed by atoms with Gasteiger partial charge in [-0.05, 0) is 57.2 Å². The number of carbonyl (C=O) groups excluding carboxylic acids is 2. The number of alkyl carbamates (subject to hydrolysis) is 1. The van der Waals surface area contributed by atoms with E-state index < -0.39 is 37.8 Å². The smallest absolute Gasteiger partial charge is 0.408 e. The first kappa shape index (κ1) is 34.1. The number of hydrogen-bond acceptors (Lipinski definition) is 4. The molecule has 0 spiro atoms. The van der Waals surface area contributed by atoms with Gasteiger partial charge < -0.3 is 20.5 Å². The van der Waals surface area contributed by atoms with Crippen LogP contribution in [0.5, 0.6) is 0 Å². The number of carbonyl (C=O) groups is 2. The zero-order valence-electron chi connectivity index (χ0n) is 24.8. The second-order valence-corrected chi connectivity index (χ2v) is 13.4. The molecule has 217 valence electrons. The van der Waals surface area contributed by atoms with Gasteiger partial charge in [-0.3, -0.25) is 4.79 Å². The number of amides is 2. The molecule has 0 aliphatic rings. The molecular formula is C33H43BN2O4P. The van der Waals surface area contributed by atoms with Crippen LogP contribution in [0.15, 0.2) is 91.0 Å². The molecule has 0 saturated heterocycles. The molecule has 3 aromatic carbocycles. The van der Waals surface area contributed by atoms with Crippen molar-refractivity contribution in [2.24, 2.45) is 5.92 Å². The lowest BCUT2D eigenvalue weighted by atomic mass is 9.96. The van der Waals surface area contributed by atoms with Gasteiger partial charge in [-0.15, -0.1) is 0 Å². The first-order chi connectivity index (χ1) is 19.1. The van der Waals surface area contributed by atoms with E-state index in [2.05, 4.69) is 34.9 Å². The molecule has 41 heavy (non-hydrogen) atoms. The number of aliphatic hydroxyl groups excluding tert-OH is 1. The van der Waals surface area contributed by atoms with Gasteiger partial charge in [-0.25, -0.2) is 4.79 Å². The monoisotopic (exact) mass is 573 g/mol. The summed E-state index contributed by atoms with van der Waals surface area (Å²) in [5, 5.41) is 19.9. The van der Waals surface area contributed by atoms with E-state index in [0.717, 1.165) is 16.2 Å². The van der Waals surface area contributed by atoms with Gasteiger partial charge in [-0.2, -0.15) is 0 Å². The van der Waals surface area contributed by atoms with Crippen molar-refractivity contribution in [3.63, 3.8) is 0 Å². The number of ether oxygens (including phenoxy) is 1. The largest absolute Gasteiger partial charge is 0.444 e. The summed E-state index contributed by atoms with van der Waals surface area (Å²) < 4.78 is 5.43. The van der Waals surface area contributed by atoms with Crippen LogP contribution >= 0.6 is 7.92 Å². The van der Waals surface area contributed by atoms with Crippen LogP contribution in [0, 0.1) is 5.92 Å². The predicted molar refractivity (Wildman–Crippen MR) is 170 cm³/mol. The Kier molecular flexibility index (Phi) is 13.6. The molecule has 3 N–H and O–H groups in total. The zero-order chi connectivity index (χ0) is 29.1. The van der Waals surface area contributed by atoms with Crippen molar-refractivity contribution in [3.05, 3.63) is 96.6 Å². The fourth-order valence-corrected chi connectivity index (χ4v) is 6.86. The van der Waals surface area contributed by atoms with Crippen LogP contribution < -0.4 is 21.2 Å². The normalized spacial score (nSPS) is 14.2. The molecule has 0 aromatic heterocycles. The standard InChI is InChI=1S/C33H43N2O4P.B/c1-6-24(2)30(35-32(38)39-33(3,4)5)31(37)34-28(22-25-16-10-7-11-17-25)29(36)23-40(26-18-12-8-13-19-26)27-20-14-9-15-21-27;/h7-21,24,28-30,36H,6,22-23H2,1-5H3,(H,34,37)(H,35,38);/t24-,28-,29+,30-;/m0./s1. The molecule has 4 atom stereocenters. The van der Waals surface area contributed by atoms with E-state index in [-0.39, 0.29) is 20.2 Å². The van der Waals surface area contributed by atoms with Gasteiger partial charge in [-0.1, -0.05) is 111 Å². The second kappa shape index (κ2) is 16.3. The van der Waals surface area contributed by atoms with Crippen LogP contribution in [0.25, 0.3) is 0 Å². The molecule has 8 heteroatoms. The Bertz CT molecular complexity index is 1150. The van der Waals surface area contributed by atoms with E-state index in [1.807, 2.05) is 80.6 Å². The van der Waals surface area contributed by atoms with E-state index in [4.69, 9.17) is 4.74 Å². The molecule has 0 bridgehead atoms. The molecular weight excluding hydrogens is 530 g/mol. The number of aliphatic hydroxyl groups is 1. The summed E-state index contributed by atoms with van der Waals surface area (Å²) in [6.07, 6.45) is 0.168. The van der Waals surface area contributed by atoms with Crippen LogP contribution in [0.4, 0.5) is 4.79 Å². The Morgan fingerprint density at radius 2 is 1.34 bits per heavy atom. The van der Waals surface area contributed by atoms with Crippen LogP contribution in [-0.4, -0.2) is 55.5 Å². The second-order valence-electron chi connectivity index (χ2n) is 11.2. The van der Waals surface area contributed by atoms with E-state index in [0.29, 0.717) is 19.0 Å². The maximum absolute atomic E-state index is 13.7. The maximum atomic E-state index is 13.7. The average Bonchev–Trinajstić information content (AvgIpc) is 2.94. The molecule has 0 aliphatic carbocycles. The number of hydrogen-bond donors (Lipinski definition) is 3. The Morgan fingerprint density at radius 1 is 0.854 bits per heavy atom. The van der Waals surface area contributed by atoms with Crippen LogP contribution in [0.1, 0.15) is 46.6 Å². The molecule has 2 amide bonds. The third-order valence-electron chi connectivity index (χ3n) is 6.76. The highest BCUT2D eigenvalue weighted by molar-refractivity contribution is 7.73. The summed E-state index contributed by atoms with van der Waals surface area (Å²) in [6.45, 7) is 9.26. The molecule has 3 aromatic rings. The minimum atomic E-state index is -0.874. The lowest BCUT2D eigenvalue weighted by Crippen LogP contribution is -2.56. The lowest BCUT2D eigenvalue weighted by molar-refractivity contribution is -0.125. The highest BCUT2D eigenvalue weighted by atomic mass is 31.1. The van der Waals surface area contributed by atoms with Crippen molar-refractivity contribution in [3.8, 4) is 0 Å². The number of benzene rings is 3. The van der Waals surface area contributed by atoms with Crippen molar-refractivity contribution >= 4 is 38.9 Å². The molecule has 3 rings (SSSR count). The summed E-state index contributed by atoms with van der Waals surface area (Å²) >= 11 is 0. The summed E-state index contributed by atoms with van der Waals surface area (Å²) in [6, 6.07) is 28.9. The van der Waals surface area contributed by atoms with Crippen LogP contribution in [0.3, 0.4) is 0 Å². The number of nitrogens with one attached hydrogen (secondary N) is 2. The highest BCUT2D eigenvalue weighted by Gasteiger charge is 2.32. The topological polar surface area (TPSA) is 87.7 Å². The first-order valence-electron chi connectivity index (χ1n) is 14.0. The average molecular weight is 574 g/mol. The van der Waals surface area contributed by atoms with E-state index in [1.165, 1.54) is 0 Å². The minimum Gasteiger partial charge on any atom is -0.444 e. The van der Waals surface area contributed by atoms with E-state index in [1.54, 1.807) is 20.8 Å². The van der Waals surface area contributed by atoms with Gasteiger partial charge in [0.1, 0.15) is 11.6 Å². The minimum absolute atomic E-state index is 0. The van der Waals surface area contributed by atoms with E-state index in [9.17, 15) is 14.7 Å². The van der Waals surface area contributed by atoms with Crippen molar-refractivity contribution in [2.45, 2.75) is 71.2 Å². The Hall–Kier alpha value is -3.15. The third-order valence-corrected chi connectivity index (χ3v) is 9.35. The zero-order valence-corrected chi connectivity index (χ0v) is 25.7. The van der Waals surface area contributed by atoms with Crippen molar-refractivity contribution in [2.75, 3.05) is 6.16 Å². The molecule has 0 saturated carbocycles. The van der Waals surface area contributed by atoms with Crippen molar-refractivity contribution in [1.29, 1.82) is 0 Å². The number of rotatable bonds is 12. The van der Waals surface area contributed by atoms with E-state index >= 15 is 0 Å². The quantitative estimate of drug-likeness (QED) is 0.215.